The van der Waals surface area contributed by atoms with Crippen molar-refractivity contribution in [1.82, 2.24) is 0 Å². The maximum absolute atomic E-state index is 11.9. The third-order valence-corrected chi connectivity index (χ3v) is 3.07. The molecule has 2 rings (SSSR count). The monoisotopic (exact) mass is 306 g/mol. The summed E-state index contributed by atoms with van der Waals surface area (Å²) < 4.78 is 0.728. The first kappa shape index (κ1) is 12.4. The Labute approximate surface area is 113 Å². The van der Waals surface area contributed by atoms with Crippen LogP contribution in [0.2, 0.25) is 0 Å². The van der Waals surface area contributed by atoms with Crippen molar-refractivity contribution in [2.45, 2.75) is 0 Å². The molecule has 0 aromatic heterocycles. The Balaban J connectivity index is 2.16. The van der Waals surface area contributed by atoms with E-state index in [4.69, 9.17) is 10.8 Å². The highest BCUT2D eigenvalue weighted by atomic mass is 79.9. The molecule has 0 aliphatic heterocycles. The second-order valence-corrected chi connectivity index (χ2v) is 4.59. The van der Waals surface area contributed by atoms with E-state index >= 15 is 0 Å². The lowest BCUT2D eigenvalue weighted by Gasteiger charge is -2.07. The van der Waals surface area contributed by atoms with Crippen molar-refractivity contribution in [3.8, 4) is 5.75 Å². The Bertz CT molecular complexity index is 582. The van der Waals surface area contributed by atoms with Gasteiger partial charge in [-0.15, -0.1) is 0 Å². The molecule has 0 bridgehead atoms. The summed E-state index contributed by atoms with van der Waals surface area (Å²) in [7, 11) is 0. The van der Waals surface area contributed by atoms with Crippen molar-refractivity contribution in [3.63, 3.8) is 0 Å². The lowest BCUT2D eigenvalue weighted by molar-refractivity contribution is 0.102. The molecule has 0 saturated heterocycles. The van der Waals surface area contributed by atoms with Crippen LogP contribution in [-0.4, -0.2) is 11.0 Å². The normalized spacial score (nSPS) is 10.1. The van der Waals surface area contributed by atoms with E-state index in [0.717, 1.165) is 4.47 Å². The molecular weight excluding hydrogens is 296 g/mol. The Morgan fingerprint density at radius 1 is 1.17 bits per heavy atom. The lowest BCUT2D eigenvalue weighted by Crippen LogP contribution is -2.11. The third kappa shape index (κ3) is 2.81. The number of hydrogen-bond donors (Lipinski definition) is 3. The van der Waals surface area contributed by atoms with Crippen LogP contribution in [0.25, 0.3) is 0 Å². The van der Waals surface area contributed by atoms with Gasteiger partial charge in [-0.2, -0.15) is 0 Å². The van der Waals surface area contributed by atoms with Gasteiger partial charge in [0.15, 0.2) is 0 Å². The number of benzene rings is 2. The number of nitrogens with two attached hydrogens (primary N) is 1. The van der Waals surface area contributed by atoms with Crippen LogP contribution >= 0.6 is 15.9 Å². The average Bonchev–Trinajstić information content (AvgIpc) is 2.34. The number of nitrogen functional groups attached to an aromatic ring is 1. The SMILES string of the molecule is Nc1ccc(NC(=O)c2ccc(O)cc2)cc1Br. The van der Waals surface area contributed by atoms with Crippen molar-refractivity contribution in [3.05, 3.63) is 52.5 Å². The van der Waals surface area contributed by atoms with Crippen LogP contribution in [0.5, 0.6) is 5.75 Å². The number of nitrogens with one attached hydrogen (secondary N) is 1. The number of hydrogen-bond acceptors (Lipinski definition) is 3. The molecule has 0 radical (unpaired) electrons. The number of phenols is 1. The van der Waals surface area contributed by atoms with E-state index in [1.165, 1.54) is 12.1 Å². The number of aromatic hydroxyl groups is 1. The van der Waals surface area contributed by atoms with Gasteiger partial charge in [0.25, 0.3) is 5.91 Å². The van der Waals surface area contributed by atoms with Crippen LogP contribution < -0.4 is 11.1 Å². The Morgan fingerprint density at radius 3 is 2.44 bits per heavy atom. The molecule has 0 fully saturated rings. The summed E-state index contributed by atoms with van der Waals surface area (Å²) >= 11 is 3.29. The standard InChI is InChI=1S/C13H11BrN2O2/c14-11-7-9(3-6-12(11)15)16-13(18)8-1-4-10(17)5-2-8/h1-7,17H,15H2,(H,16,18). The number of phenolic OH excluding ortho intramolecular Hbond substituents is 1. The lowest BCUT2D eigenvalue weighted by atomic mass is 10.2. The van der Waals surface area contributed by atoms with Crippen LogP contribution in [0.1, 0.15) is 10.4 Å². The number of carbonyl (C=O) groups excluding carboxylic acids is 1. The van der Waals surface area contributed by atoms with Crippen molar-refractivity contribution in [1.29, 1.82) is 0 Å². The quantitative estimate of drug-likeness (QED) is 0.747. The number of halogens is 1. The van der Waals surface area contributed by atoms with Crippen molar-refractivity contribution < 1.29 is 9.90 Å². The van der Waals surface area contributed by atoms with Crippen molar-refractivity contribution >= 4 is 33.2 Å². The molecule has 0 aliphatic carbocycles. The molecule has 1 amide bonds. The van der Waals surface area contributed by atoms with E-state index in [1.54, 1.807) is 30.3 Å². The smallest absolute Gasteiger partial charge is 0.255 e. The molecule has 4 N–H and O–H groups in total. The molecule has 92 valence electrons. The summed E-state index contributed by atoms with van der Waals surface area (Å²) in [5.41, 5.74) is 7.39. The van der Waals surface area contributed by atoms with Gasteiger partial charge in [-0.25, -0.2) is 0 Å². The summed E-state index contributed by atoms with van der Waals surface area (Å²) in [6, 6.07) is 11.2. The van der Waals surface area contributed by atoms with Gasteiger partial charge in [-0.3, -0.25) is 4.79 Å². The van der Waals surface area contributed by atoms with Gasteiger partial charge in [-0.05, 0) is 58.4 Å². The second-order valence-electron chi connectivity index (χ2n) is 3.74. The minimum Gasteiger partial charge on any atom is -0.508 e. The van der Waals surface area contributed by atoms with E-state index in [2.05, 4.69) is 21.2 Å². The maximum atomic E-state index is 11.9. The molecule has 5 heteroatoms. The van der Waals surface area contributed by atoms with Crippen molar-refractivity contribution in [2.24, 2.45) is 0 Å². The molecule has 0 aliphatic rings. The zero-order valence-corrected chi connectivity index (χ0v) is 10.9. The van der Waals surface area contributed by atoms with Gasteiger partial charge in [-0.1, -0.05) is 0 Å². The third-order valence-electron chi connectivity index (χ3n) is 2.39. The Hall–Kier alpha value is -2.01. The summed E-state index contributed by atoms with van der Waals surface area (Å²) in [5.74, 6) is -0.117. The van der Waals surface area contributed by atoms with Gasteiger partial charge < -0.3 is 16.2 Å². The molecule has 4 nitrogen and oxygen atoms in total. The molecule has 18 heavy (non-hydrogen) atoms. The highest BCUT2D eigenvalue weighted by molar-refractivity contribution is 9.10. The van der Waals surface area contributed by atoms with E-state index in [1.807, 2.05) is 0 Å². The van der Waals surface area contributed by atoms with Crippen LogP contribution in [0.4, 0.5) is 11.4 Å². The summed E-state index contributed by atoms with van der Waals surface area (Å²) in [6.07, 6.45) is 0. The number of carbonyl (C=O) groups is 1. The van der Waals surface area contributed by atoms with Crippen molar-refractivity contribution in [2.75, 3.05) is 11.1 Å². The Morgan fingerprint density at radius 2 is 1.83 bits per heavy atom. The predicted octanol–water partition coefficient (Wildman–Crippen LogP) is 2.99. The minimum atomic E-state index is -0.244. The molecule has 0 saturated carbocycles. The molecule has 0 unspecified atom stereocenters. The summed E-state index contributed by atoms with van der Waals surface area (Å²) in [6.45, 7) is 0. The predicted molar refractivity (Wildman–Crippen MR) is 74.6 cm³/mol. The second kappa shape index (κ2) is 5.10. The van der Waals surface area contributed by atoms with E-state index < -0.39 is 0 Å². The summed E-state index contributed by atoms with van der Waals surface area (Å²) in [5, 5.41) is 11.9. The highest BCUT2D eigenvalue weighted by Gasteiger charge is 2.06. The Kier molecular flexibility index (Phi) is 3.53. The molecular formula is C13H11BrN2O2. The zero-order valence-electron chi connectivity index (χ0n) is 9.35. The minimum absolute atomic E-state index is 0.127. The van der Waals surface area contributed by atoms with Gasteiger partial charge >= 0.3 is 0 Å². The number of anilines is 2. The zero-order chi connectivity index (χ0) is 13.1. The van der Waals surface area contributed by atoms with E-state index in [0.29, 0.717) is 16.9 Å². The number of amides is 1. The van der Waals surface area contributed by atoms with Crippen LogP contribution in [-0.2, 0) is 0 Å². The fourth-order valence-electron chi connectivity index (χ4n) is 1.42. The highest BCUT2D eigenvalue weighted by Crippen LogP contribution is 2.23. The van der Waals surface area contributed by atoms with Gasteiger partial charge in [0.05, 0.1) is 0 Å². The molecule has 0 spiro atoms. The number of rotatable bonds is 2. The summed E-state index contributed by atoms with van der Waals surface area (Å²) in [4.78, 5) is 11.9. The van der Waals surface area contributed by atoms with Crippen LogP contribution in [0.3, 0.4) is 0 Å². The largest absolute Gasteiger partial charge is 0.508 e. The van der Waals surface area contributed by atoms with Gasteiger partial charge in [0, 0.05) is 21.4 Å². The van der Waals surface area contributed by atoms with E-state index in [-0.39, 0.29) is 11.7 Å². The molecule has 2 aromatic carbocycles. The van der Waals surface area contributed by atoms with Crippen LogP contribution in [0.15, 0.2) is 46.9 Å². The molecule has 0 heterocycles. The first-order valence-electron chi connectivity index (χ1n) is 5.21. The fourth-order valence-corrected chi connectivity index (χ4v) is 1.80. The average molecular weight is 307 g/mol. The van der Waals surface area contributed by atoms with Gasteiger partial charge in [0.2, 0.25) is 0 Å². The fraction of sp³-hybridized carbons (Fsp3) is 0. The van der Waals surface area contributed by atoms with Crippen LogP contribution in [0, 0.1) is 0 Å². The topological polar surface area (TPSA) is 75.3 Å². The van der Waals surface area contributed by atoms with E-state index in [9.17, 15) is 4.79 Å². The first-order valence-corrected chi connectivity index (χ1v) is 6.01. The molecule has 2 aromatic rings. The molecule has 0 atom stereocenters. The van der Waals surface area contributed by atoms with Gasteiger partial charge in [0.1, 0.15) is 5.75 Å². The maximum Gasteiger partial charge on any atom is 0.255 e. The first-order chi connectivity index (χ1) is 8.56.